The largest absolute Gasteiger partial charge is 0.493 e. The highest BCUT2D eigenvalue weighted by Gasteiger charge is 2.21. The maximum Gasteiger partial charge on any atom is 0.193 e. The van der Waals surface area contributed by atoms with Crippen LogP contribution in [0.2, 0.25) is 0 Å². The second kappa shape index (κ2) is 8.91. The van der Waals surface area contributed by atoms with Crippen LogP contribution in [0.5, 0.6) is 11.5 Å². The second-order valence-corrected chi connectivity index (χ2v) is 6.85. The molecule has 1 atom stereocenters. The quantitative estimate of drug-likeness (QED) is 0.661. The number of guanidine groups is 1. The summed E-state index contributed by atoms with van der Waals surface area (Å²) in [6, 6.07) is 5.98. The Labute approximate surface area is 143 Å². The monoisotopic (exact) mass is 337 g/mol. The molecule has 0 radical (unpaired) electrons. The summed E-state index contributed by atoms with van der Waals surface area (Å²) in [6.07, 6.45) is 1.20. The molecule has 1 aromatic carbocycles. The van der Waals surface area contributed by atoms with Gasteiger partial charge in [0.25, 0.3) is 0 Å². The van der Waals surface area contributed by atoms with E-state index in [-0.39, 0.29) is 0 Å². The lowest BCUT2D eigenvalue weighted by Gasteiger charge is -2.34. The topological polar surface area (TPSA) is 46.1 Å². The molecule has 0 saturated carbocycles. The number of aliphatic imine (C=N–C) groups is 1. The molecule has 0 aliphatic carbocycles. The van der Waals surface area contributed by atoms with Gasteiger partial charge >= 0.3 is 0 Å². The van der Waals surface area contributed by atoms with Crippen molar-refractivity contribution in [3.8, 4) is 11.5 Å². The van der Waals surface area contributed by atoms with Crippen molar-refractivity contribution in [2.75, 3.05) is 40.1 Å². The number of hydrogen-bond donors (Lipinski definition) is 1. The number of benzene rings is 1. The fraction of sp³-hybridized carbons (Fsp3) is 0.588. The highest BCUT2D eigenvalue weighted by molar-refractivity contribution is 8.00. The first-order chi connectivity index (χ1) is 11.2. The standard InChI is InChI=1S/C17H27N3O2S/c1-5-14-12-20(8-9-23-14)17(18-2)19-11-13-6-7-15(21-3)16(10-13)22-4/h6-7,10,14H,5,8-9,11-12H2,1-4H3,(H,18,19). The molecule has 1 aliphatic rings. The van der Waals surface area contributed by atoms with E-state index in [1.807, 2.05) is 25.2 Å². The van der Waals surface area contributed by atoms with Crippen LogP contribution in [-0.4, -0.2) is 56.2 Å². The highest BCUT2D eigenvalue weighted by atomic mass is 32.2. The van der Waals surface area contributed by atoms with Gasteiger partial charge in [-0.25, -0.2) is 0 Å². The molecule has 128 valence electrons. The van der Waals surface area contributed by atoms with E-state index < -0.39 is 0 Å². The summed E-state index contributed by atoms with van der Waals surface area (Å²) in [5.74, 6) is 3.63. The summed E-state index contributed by atoms with van der Waals surface area (Å²) in [6.45, 7) is 5.08. The van der Waals surface area contributed by atoms with Crippen molar-refractivity contribution in [3.63, 3.8) is 0 Å². The first-order valence-corrected chi connectivity index (χ1v) is 9.04. The third-order valence-corrected chi connectivity index (χ3v) is 5.38. The lowest BCUT2D eigenvalue weighted by atomic mass is 10.2. The van der Waals surface area contributed by atoms with E-state index >= 15 is 0 Å². The van der Waals surface area contributed by atoms with Crippen molar-refractivity contribution in [1.82, 2.24) is 10.2 Å². The first kappa shape index (κ1) is 17.8. The van der Waals surface area contributed by atoms with Gasteiger partial charge in [0, 0.05) is 37.7 Å². The van der Waals surface area contributed by atoms with Crippen molar-refractivity contribution in [2.45, 2.75) is 25.1 Å². The molecule has 1 N–H and O–H groups in total. The van der Waals surface area contributed by atoms with Gasteiger partial charge in [-0.05, 0) is 24.1 Å². The Bertz CT molecular complexity index is 537. The van der Waals surface area contributed by atoms with E-state index in [4.69, 9.17) is 9.47 Å². The van der Waals surface area contributed by atoms with E-state index in [1.54, 1.807) is 14.2 Å². The fourth-order valence-corrected chi connectivity index (χ4v) is 3.84. The summed E-state index contributed by atoms with van der Waals surface area (Å²) in [5, 5.41) is 4.16. The Morgan fingerprint density at radius 3 is 2.78 bits per heavy atom. The Balaban J connectivity index is 1.98. The molecule has 0 aromatic heterocycles. The average molecular weight is 337 g/mol. The molecule has 1 heterocycles. The van der Waals surface area contributed by atoms with Gasteiger partial charge in [-0.15, -0.1) is 0 Å². The number of thioether (sulfide) groups is 1. The zero-order valence-electron chi connectivity index (χ0n) is 14.5. The first-order valence-electron chi connectivity index (χ1n) is 7.99. The highest BCUT2D eigenvalue weighted by Crippen LogP contribution is 2.27. The SMILES string of the molecule is CCC1CN(C(=NC)NCc2ccc(OC)c(OC)c2)CCS1. The van der Waals surface area contributed by atoms with Crippen molar-refractivity contribution >= 4 is 17.7 Å². The smallest absolute Gasteiger partial charge is 0.193 e. The minimum absolute atomic E-state index is 0.698. The molecule has 6 heteroatoms. The Hall–Kier alpha value is -1.56. The summed E-state index contributed by atoms with van der Waals surface area (Å²) in [5.41, 5.74) is 1.14. The summed E-state index contributed by atoms with van der Waals surface area (Å²) < 4.78 is 10.6. The number of nitrogens with one attached hydrogen (secondary N) is 1. The van der Waals surface area contributed by atoms with Crippen LogP contribution in [0.1, 0.15) is 18.9 Å². The second-order valence-electron chi connectivity index (χ2n) is 5.44. The van der Waals surface area contributed by atoms with Gasteiger partial charge in [0.05, 0.1) is 14.2 Å². The lowest BCUT2D eigenvalue weighted by Crippen LogP contribution is -2.47. The normalized spacial score (nSPS) is 18.7. The van der Waals surface area contributed by atoms with E-state index in [1.165, 1.54) is 6.42 Å². The molecule has 1 fully saturated rings. The van der Waals surface area contributed by atoms with E-state index in [9.17, 15) is 0 Å². The summed E-state index contributed by atoms with van der Waals surface area (Å²) in [4.78, 5) is 6.79. The predicted molar refractivity (Wildman–Crippen MR) is 97.9 cm³/mol. The van der Waals surface area contributed by atoms with Crippen LogP contribution in [-0.2, 0) is 6.54 Å². The van der Waals surface area contributed by atoms with Crippen LogP contribution >= 0.6 is 11.8 Å². The summed E-state index contributed by atoms with van der Waals surface area (Å²) >= 11 is 2.06. The Kier molecular flexibility index (Phi) is 6.89. The van der Waals surface area contributed by atoms with Gasteiger partial charge in [-0.1, -0.05) is 13.0 Å². The fourth-order valence-electron chi connectivity index (χ4n) is 2.66. The van der Waals surface area contributed by atoms with Crippen molar-refractivity contribution < 1.29 is 9.47 Å². The Morgan fingerprint density at radius 2 is 2.13 bits per heavy atom. The minimum atomic E-state index is 0.698. The maximum absolute atomic E-state index is 5.36. The van der Waals surface area contributed by atoms with Crippen LogP contribution in [0.25, 0.3) is 0 Å². The zero-order valence-corrected chi connectivity index (χ0v) is 15.3. The molecular weight excluding hydrogens is 310 g/mol. The van der Waals surface area contributed by atoms with Crippen LogP contribution in [0.15, 0.2) is 23.2 Å². The Morgan fingerprint density at radius 1 is 1.35 bits per heavy atom. The van der Waals surface area contributed by atoms with Crippen LogP contribution in [0.4, 0.5) is 0 Å². The molecule has 2 rings (SSSR count). The van der Waals surface area contributed by atoms with Gasteiger partial charge in [0.1, 0.15) is 0 Å². The molecule has 0 spiro atoms. The third kappa shape index (κ3) is 4.70. The van der Waals surface area contributed by atoms with Crippen LogP contribution in [0.3, 0.4) is 0 Å². The maximum atomic E-state index is 5.36. The average Bonchev–Trinajstić information content (AvgIpc) is 2.62. The summed E-state index contributed by atoms with van der Waals surface area (Å²) in [7, 11) is 5.15. The molecule has 0 bridgehead atoms. The van der Waals surface area contributed by atoms with Crippen LogP contribution < -0.4 is 14.8 Å². The third-order valence-electron chi connectivity index (χ3n) is 4.00. The van der Waals surface area contributed by atoms with Crippen LogP contribution in [0, 0.1) is 0 Å². The molecular formula is C17H27N3O2S. The number of hydrogen-bond acceptors (Lipinski definition) is 4. The van der Waals surface area contributed by atoms with Crippen molar-refractivity contribution in [2.24, 2.45) is 4.99 Å². The number of methoxy groups -OCH3 is 2. The van der Waals surface area contributed by atoms with Gasteiger partial charge in [-0.3, -0.25) is 4.99 Å². The number of rotatable bonds is 5. The van der Waals surface area contributed by atoms with Gasteiger partial charge in [-0.2, -0.15) is 11.8 Å². The zero-order chi connectivity index (χ0) is 16.7. The van der Waals surface area contributed by atoms with E-state index in [0.717, 1.165) is 41.9 Å². The van der Waals surface area contributed by atoms with Gasteiger partial charge < -0.3 is 19.7 Å². The van der Waals surface area contributed by atoms with E-state index in [0.29, 0.717) is 11.8 Å². The molecule has 0 amide bonds. The van der Waals surface area contributed by atoms with Gasteiger partial charge in [0.15, 0.2) is 17.5 Å². The van der Waals surface area contributed by atoms with Crippen molar-refractivity contribution in [1.29, 1.82) is 0 Å². The van der Waals surface area contributed by atoms with Gasteiger partial charge in [0.2, 0.25) is 0 Å². The molecule has 1 saturated heterocycles. The molecule has 23 heavy (non-hydrogen) atoms. The molecule has 5 nitrogen and oxygen atoms in total. The molecule has 1 unspecified atom stereocenters. The number of ether oxygens (including phenoxy) is 2. The minimum Gasteiger partial charge on any atom is -0.493 e. The molecule has 1 aromatic rings. The predicted octanol–water partition coefficient (Wildman–Crippen LogP) is 2.61. The van der Waals surface area contributed by atoms with E-state index in [2.05, 4.69) is 33.9 Å². The number of nitrogens with zero attached hydrogens (tertiary/aromatic N) is 2. The van der Waals surface area contributed by atoms with Crippen molar-refractivity contribution in [3.05, 3.63) is 23.8 Å². The lowest BCUT2D eigenvalue weighted by molar-refractivity contribution is 0.354. The molecule has 1 aliphatic heterocycles.